The fraction of sp³-hybridized carbons (Fsp3) is 0.440. The molecule has 0 saturated heterocycles. The Morgan fingerprint density at radius 2 is 1.66 bits per heavy atom. The van der Waals surface area contributed by atoms with Crippen molar-refractivity contribution in [3.8, 4) is 0 Å². The summed E-state index contributed by atoms with van der Waals surface area (Å²) < 4.78 is 39.3. The monoisotopic (exact) mass is 525 g/mol. The Hall–Kier alpha value is -2.65. The van der Waals surface area contributed by atoms with E-state index in [1.807, 2.05) is 20.8 Å². The molecule has 0 radical (unpaired) electrons. The van der Waals surface area contributed by atoms with Crippen molar-refractivity contribution in [2.45, 2.75) is 58.7 Å². The van der Waals surface area contributed by atoms with E-state index in [2.05, 4.69) is 5.32 Å². The molecule has 192 valence electrons. The molecule has 2 aromatic carbocycles. The predicted octanol–water partition coefficient (Wildman–Crippen LogP) is 4.36. The molecule has 0 aliphatic rings. The number of carbonyl (C=O) groups is 2. The summed E-state index contributed by atoms with van der Waals surface area (Å²) in [6, 6.07) is 11.4. The zero-order chi connectivity index (χ0) is 26.2. The van der Waals surface area contributed by atoms with E-state index < -0.39 is 16.1 Å². The van der Waals surface area contributed by atoms with Gasteiger partial charge in [0.15, 0.2) is 0 Å². The maximum Gasteiger partial charge on any atom is 0.243 e. The topological polar surface area (TPSA) is 86.8 Å². The zero-order valence-electron chi connectivity index (χ0n) is 20.5. The molecule has 0 aliphatic heterocycles. The highest BCUT2D eigenvalue weighted by Crippen LogP contribution is 2.22. The van der Waals surface area contributed by atoms with Gasteiger partial charge in [0.05, 0.1) is 11.9 Å². The number of halogens is 2. The molecule has 1 N–H and O–H groups in total. The van der Waals surface area contributed by atoms with Crippen molar-refractivity contribution >= 4 is 39.1 Å². The third kappa shape index (κ3) is 8.81. The van der Waals surface area contributed by atoms with E-state index in [1.165, 1.54) is 21.3 Å². The normalized spacial score (nSPS) is 12.3. The predicted molar refractivity (Wildman–Crippen MR) is 137 cm³/mol. The molecular formula is C25H33ClFN3O4S. The van der Waals surface area contributed by atoms with Crippen LogP contribution in [-0.4, -0.2) is 50.0 Å². The lowest BCUT2D eigenvalue weighted by atomic mass is 10.1. The first-order chi connectivity index (χ1) is 16.4. The molecule has 1 atom stereocenters. The van der Waals surface area contributed by atoms with Crippen LogP contribution in [-0.2, 0) is 26.2 Å². The van der Waals surface area contributed by atoms with Crippen LogP contribution in [0.25, 0.3) is 0 Å². The molecule has 0 bridgehead atoms. The van der Waals surface area contributed by atoms with Crippen LogP contribution in [0.1, 0.15) is 45.6 Å². The van der Waals surface area contributed by atoms with E-state index >= 15 is 0 Å². The van der Waals surface area contributed by atoms with Crippen molar-refractivity contribution in [1.29, 1.82) is 0 Å². The minimum Gasteiger partial charge on any atom is -0.352 e. The molecule has 0 saturated carbocycles. The highest BCUT2D eigenvalue weighted by molar-refractivity contribution is 7.92. The Kier molecular flexibility index (Phi) is 10.5. The largest absolute Gasteiger partial charge is 0.352 e. The average Bonchev–Trinajstić information content (AvgIpc) is 2.77. The van der Waals surface area contributed by atoms with Gasteiger partial charge >= 0.3 is 0 Å². The Balaban J connectivity index is 2.20. The van der Waals surface area contributed by atoms with E-state index in [-0.39, 0.29) is 49.6 Å². The van der Waals surface area contributed by atoms with E-state index in [9.17, 15) is 22.4 Å². The van der Waals surface area contributed by atoms with Gasteiger partial charge in [0.25, 0.3) is 0 Å². The zero-order valence-corrected chi connectivity index (χ0v) is 22.1. The highest BCUT2D eigenvalue weighted by Gasteiger charge is 2.29. The standard InChI is InChI=1S/C25H33ClFN3O4S/c1-5-23(25(32)28-18(2)3)29(17-19-8-12-21(27)13-9-19)24(31)7-6-16-30(35(4,33)34)22-14-10-20(26)11-15-22/h8-15,18,23H,5-7,16-17H2,1-4H3,(H,28,32)/t23-/m0/s1. The van der Waals surface area contributed by atoms with Crippen molar-refractivity contribution in [3.63, 3.8) is 0 Å². The number of nitrogens with one attached hydrogen (secondary N) is 1. The number of sulfonamides is 1. The third-order valence-electron chi connectivity index (χ3n) is 5.35. The second kappa shape index (κ2) is 12.9. The van der Waals surface area contributed by atoms with Gasteiger partial charge in [-0.05, 0) is 68.7 Å². The first kappa shape index (κ1) is 28.6. The number of nitrogens with zero attached hydrogens (tertiary/aromatic N) is 2. The molecular weight excluding hydrogens is 493 g/mol. The second-order valence-electron chi connectivity index (χ2n) is 8.65. The maximum absolute atomic E-state index is 13.4. The fourth-order valence-electron chi connectivity index (χ4n) is 3.70. The smallest absolute Gasteiger partial charge is 0.243 e. The van der Waals surface area contributed by atoms with Crippen LogP contribution < -0.4 is 9.62 Å². The number of amides is 2. The summed E-state index contributed by atoms with van der Waals surface area (Å²) in [5.74, 6) is -0.944. The van der Waals surface area contributed by atoms with Gasteiger partial charge in [0.1, 0.15) is 11.9 Å². The lowest BCUT2D eigenvalue weighted by Gasteiger charge is -2.31. The lowest BCUT2D eigenvalue weighted by molar-refractivity contribution is -0.141. The number of carbonyl (C=O) groups excluding carboxylic acids is 2. The van der Waals surface area contributed by atoms with Crippen molar-refractivity contribution in [3.05, 3.63) is 64.9 Å². The van der Waals surface area contributed by atoms with Crippen molar-refractivity contribution in [2.75, 3.05) is 17.1 Å². The van der Waals surface area contributed by atoms with Gasteiger partial charge in [0, 0.05) is 30.6 Å². The number of rotatable bonds is 12. The van der Waals surface area contributed by atoms with E-state index in [4.69, 9.17) is 11.6 Å². The molecule has 0 aromatic heterocycles. The summed E-state index contributed by atoms with van der Waals surface area (Å²) in [5.41, 5.74) is 1.14. The van der Waals surface area contributed by atoms with Crippen molar-refractivity contribution < 1.29 is 22.4 Å². The molecule has 35 heavy (non-hydrogen) atoms. The molecule has 0 spiro atoms. The summed E-state index contributed by atoms with van der Waals surface area (Å²) in [7, 11) is -3.58. The molecule has 7 nitrogen and oxygen atoms in total. The second-order valence-corrected chi connectivity index (χ2v) is 11.0. The number of hydrogen-bond acceptors (Lipinski definition) is 4. The minimum absolute atomic E-state index is 0.0340. The van der Waals surface area contributed by atoms with Gasteiger partial charge in [-0.3, -0.25) is 13.9 Å². The van der Waals surface area contributed by atoms with Crippen molar-refractivity contribution in [1.82, 2.24) is 10.2 Å². The van der Waals surface area contributed by atoms with E-state index in [0.29, 0.717) is 22.7 Å². The van der Waals surface area contributed by atoms with Gasteiger partial charge in [0.2, 0.25) is 21.8 Å². The van der Waals surface area contributed by atoms with Gasteiger partial charge in [-0.25, -0.2) is 12.8 Å². The number of benzene rings is 2. The lowest BCUT2D eigenvalue weighted by Crippen LogP contribution is -2.50. The third-order valence-corrected chi connectivity index (χ3v) is 6.80. The quantitative estimate of drug-likeness (QED) is 0.446. The molecule has 0 fully saturated rings. The Morgan fingerprint density at radius 1 is 1.06 bits per heavy atom. The van der Waals surface area contributed by atoms with Crippen LogP contribution in [0.2, 0.25) is 5.02 Å². The number of anilines is 1. The Bertz CT molecular complexity index is 1090. The molecule has 2 rings (SSSR count). The van der Waals surface area contributed by atoms with E-state index in [0.717, 1.165) is 6.26 Å². The molecule has 0 aliphatic carbocycles. The van der Waals surface area contributed by atoms with Crippen LogP contribution in [0.4, 0.5) is 10.1 Å². The summed E-state index contributed by atoms with van der Waals surface area (Å²) in [6.07, 6.45) is 1.78. The average molecular weight is 526 g/mol. The SMILES string of the molecule is CC[C@@H](C(=O)NC(C)C)N(Cc1ccc(F)cc1)C(=O)CCCN(c1ccc(Cl)cc1)S(C)(=O)=O. The Labute approximate surface area is 212 Å². The molecule has 2 aromatic rings. The summed E-state index contributed by atoms with van der Waals surface area (Å²) in [5, 5.41) is 3.34. The minimum atomic E-state index is -3.58. The first-order valence-electron chi connectivity index (χ1n) is 11.5. The molecule has 2 amide bonds. The van der Waals surface area contributed by atoms with Crippen LogP contribution in [0, 0.1) is 5.82 Å². The Morgan fingerprint density at radius 3 is 2.17 bits per heavy atom. The van der Waals surface area contributed by atoms with Gasteiger partial charge in [-0.15, -0.1) is 0 Å². The van der Waals surface area contributed by atoms with Crippen LogP contribution in [0.15, 0.2) is 48.5 Å². The molecule has 10 heteroatoms. The van der Waals surface area contributed by atoms with Gasteiger partial charge < -0.3 is 10.2 Å². The number of hydrogen-bond donors (Lipinski definition) is 1. The van der Waals surface area contributed by atoms with Gasteiger partial charge in [-0.2, -0.15) is 0 Å². The maximum atomic E-state index is 13.4. The molecule has 0 unspecified atom stereocenters. The summed E-state index contributed by atoms with van der Waals surface area (Å²) >= 11 is 5.92. The fourth-order valence-corrected chi connectivity index (χ4v) is 4.79. The highest BCUT2D eigenvalue weighted by atomic mass is 35.5. The summed E-state index contributed by atoms with van der Waals surface area (Å²) in [6.45, 7) is 5.73. The van der Waals surface area contributed by atoms with Crippen LogP contribution in [0.3, 0.4) is 0 Å². The van der Waals surface area contributed by atoms with Crippen molar-refractivity contribution in [2.24, 2.45) is 0 Å². The van der Waals surface area contributed by atoms with Crippen LogP contribution >= 0.6 is 11.6 Å². The van der Waals surface area contributed by atoms with Gasteiger partial charge in [-0.1, -0.05) is 30.7 Å². The van der Waals surface area contributed by atoms with E-state index in [1.54, 1.807) is 36.4 Å². The first-order valence-corrected chi connectivity index (χ1v) is 13.7. The summed E-state index contributed by atoms with van der Waals surface area (Å²) in [4.78, 5) is 27.6. The van der Waals surface area contributed by atoms with Crippen LogP contribution in [0.5, 0.6) is 0 Å². The molecule has 0 heterocycles.